The first-order valence-corrected chi connectivity index (χ1v) is 5.87. The average molecular weight is 207 g/mol. The van der Waals surface area contributed by atoms with Crippen LogP contribution in [0.15, 0.2) is 11.6 Å². The van der Waals surface area contributed by atoms with Crippen molar-refractivity contribution in [3.8, 4) is 0 Å². The number of nitrogens with one attached hydrogen (secondary N) is 1. The molecule has 3 heterocycles. The number of imidazole rings is 1. The SMILES string of the molecule is Cc1nc(C2CCNC2)c2sccn12. The molecule has 0 radical (unpaired) electrons. The highest BCUT2D eigenvalue weighted by atomic mass is 32.1. The first kappa shape index (κ1) is 8.44. The van der Waals surface area contributed by atoms with Crippen LogP contribution >= 0.6 is 11.3 Å². The molecule has 4 heteroatoms. The van der Waals surface area contributed by atoms with Crippen LogP contribution in [0.4, 0.5) is 0 Å². The Morgan fingerprint density at radius 1 is 1.64 bits per heavy atom. The highest BCUT2D eigenvalue weighted by Crippen LogP contribution is 2.28. The van der Waals surface area contributed by atoms with Gasteiger partial charge in [-0.05, 0) is 19.9 Å². The topological polar surface area (TPSA) is 29.3 Å². The predicted molar refractivity (Wildman–Crippen MR) is 58.0 cm³/mol. The van der Waals surface area contributed by atoms with Gasteiger partial charge in [-0.25, -0.2) is 4.98 Å². The fourth-order valence-corrected chi connectivity index (χ4v) is 3.10. The van der Waals surface area contributed by atoms with E-state index in [1.165, 1.54) is 16.9 Å². The van der Waals surface area contributed by atoms with Gasteiger partial charge in [-0.15, -0.1) is 11.3 Å². The van der Waals surface area contributed by atoms with Crippen molar-refractivity contribution in [2.24, 2.45) is 0 Å². The molecule has 1 aliphatic rings. The minimum Gasteiger partial charge on any atom is -0.316 e. The molecule has 0 spiro atoms. The molecule has 1 atom stereocenters. The summed E-state index contributed by atoms with van der Waals surface area (Å²) in [5.74, 6) is 1.74. The molecule has 1 aliphatic heterocycles. The Balaban J connectivity index is 2.14. The lowest BCUT2D eigenvalue weighted by Crippen LogP contribution is -2.08. The van der Waals surface area contributed by atoms with Gasteiger partial charge in [0.15, 0.2) is 0 Å². The molecular weight excluding hydrogens is 194 g/mol. The van der Waals surface area contributed by atoms with E-state index in [9.17, 15) is 0 Å². The molecule has 1 unspecified atom stereocenters. The van der Waals surface area contributed by atoms with Gasteiger partial charge in [-0.3, -0.25) is 4.40 Å². The zero-order valence-corrected chi connectivity index (χ0v) is 8.97. The van der Waals surface area contributed by atoms with Crippen LogP contribution in [0.25, 0.3) is 4.83 Å². The monoisotopic (exact) mass is 207 g/mol. The van der Waals surface area contributed by atoms with Crippen LogP contribution in [-0.4, -0.2) is 22.5 Å². The summed E-state index contributed by atoms with van der Waals surface area (Å²) in [6, 6.07) is 0. The third-order valence-electron chi connectivity index (χ3n) is 2.91. The minimum absolute atomic E-state index is 0.623. The lowest BCUT2D eigenvalue weighted by molar-refractivity contribution is 0.745. The van der Waals surface area contributed by atoms with Crippen molar-refractivity contribution in [2.75, 3.05) is 13.1 Å². The fourth-order valence-electron chi connectivity index (χ4n) is 2.15. The van der Waals surface area contributed by atoms with Crippen molar-refractivity contribution in [3.63, 3.8) is 0 Å². The van der Waals surface area contributed by atoms with E-state index in [4.69, 9.17) is 0 Å². The van der Waals surface area contributed by atoms with E-state index in [0.717, 1.165) is 18.9 Å². The molecular formula is C10H13N3S. The van der Waals surface area contributed by atoms with E-state index < -0.39 is 0 Å². The maximum absolute atomic E-state index is 4.67. The van der Waals surface area contributed by atoms with Crippen molar-refractivity contribution < 1.29 is 0 Å². The third-order valence-corrected chi connectivity index (χ3v) is 3.79. The molecule has 0 saturated carbocycles. The summed E-state index contributed by atoms with van der Waals surface area (Å²) >= 11 is 1.79. The first-order valence-electron chi connectivity index (χ1n) is 4.99. The van der Waals surface area contributed by atoms with E-state index >= 15 is 0 Å². The van der Waals surface area contributed by atoms with Gasteiger partial charge in [0.25, 0.3) is 0 Å². The molecule has 3 nitrogen and oxygen atoms in total. The summed E-state index contributed by atoms with van der Waals surface area (Å²) in [7, 11) is 0. The molecule has 1 saturated heterocycles. The Labute approximate surface area is 86.8 Å². The molecule has 2 aromatic rings. The number of nitrogens with zero attached hydrogens (tertiary/aromatic N) is 2. The quantitative estimate of drug-likeness (QED) is 0.772. The van der Waals surface area contributed by atoms with Gasteiger partial charge in [0.05, 0.1) is 5.69 Å². The van der Waals surface area contributed by atoms with Crippen LogP contribution in [-0.2, 0) is 0 Å². The molecule has 0 aliphatic carbocycles. The molecule has 74 valence electrons. The van der Waals surface area contributed by atoms with Gasteiger partial charge in [0.2, 0.25) is 0 Å². The van der Waals surface area contributed by atoms with Crippen molar-refractivity contribution >= 4 is 16.2 Å². The normalized spacial score (nSPS) is 22.2. The number of thiazole rings is 1. The largest absolute Gasteiger partial charge is 0.316 e. The number of hydrogen-bond acceptors (Lipinski definition) is 3. The molecule has 3 rings (SSSR count). The van der Waals surface area contributed by atoms with Crippen LogP contribution in [0.5, 0.6) is 0 Å². The van der Waals surface area contributed by atoms with E-state index in [1.807, 2.05) is 0 Å². The maximum Gasteiger partial charge on any atom is 0.123 e. The molecule has 1 N–H and O–H groups in total. The van der Waals surface area contributed by atoms with E-state index in [-0.39, 0.29) is 0 Å². The summed E-state index contributed by atoms with van der Waals surface area (Å²) < 4.78 is 2.19. The number of fused-ring (bicyclic) bond motifs is 1. The lowest BCUT2D eigenvalue weighted by atomic mass is 10.1. The van der Waals surface area contributed by atoms with Gasteiger partial charge >= 0.3 is 0 Å². The molecule has 0 aromatic carbocycles. The standard InChI is InChI=1S/C10H13N3S/c1-7-12-9(8-2-3-11-6-8)10-13(7)4-5-14-10/h4-5,8,11H,2-3,6H2,1H3. The molecule has 1 fully saturated rings. The molecule has 14 heavy (non-hydrogen) atoms. The average Bonchev–Trinajstić information content (AvgIpc) is 2.84. The summed E-state index contributed by atoms with van der Waals surface area (Å²) in [5.41, 5.74) is 1.29. The van der Waals surface area contributed by atoms with Crippen LogP contribution < -0.4 is 5.32 Å². The van der Waals surface area contributed by atoms with Crippen LogP contribution in [0.1, 0.15) is 23.9 Å². The fraction of sp³-hybridized carbons (Fsp3) is 0.500. The zero-order chi connectivity index (χ0) is 9.54. The van der Waals surface area contributed by atoms with Gasteiger partial charge in [0.1, 0.15) is 10.7 Å². The molecule has 2 aromatic heterocycles. The van der Waals surface area contributed by atoms with Crippen LogP contribution in [0.2, 0.25) is 0 Å². The number of rotatable bonds is 1. The van der Waals surface area contributed by atoms with Gasteiger partial charge < -0.3 is 5.32 Å². The van der Waals surface area contributed by atoms with Gasteiger partial charge in [0, 0.05) is 24.0 Å². The molecule has 0 amide bonds. The zero-order valence-electron chi connectivity index (χ0n) is 8.16. The van der Waals surface area contributed by atoms with Crippen molar-refractivity contribution in [3.05, 3.63) is 23.1 Å². The Bertz CT molecular complexity index is 451. The van der Waals surface area contributed by atoms with Crippen molar-refractivity contribution in [1.82, 2.24) is 14.7 Å². The Hall–Kier alpha value is -0.870. The second-order valence-electron chi connectivity index (χ2n) is 3.81. The summed E-state index contributed by atoms with van der Waals surface area (Å²) in [6.45, 7) is 4.30. The number of hydrogen-bond donors (Lipinski definition) is 1. The van der Waals surface area contributed by atoms with Crippen LogP contribution in [0.3, 0.4) is 0 Å². The Kier molecular flexibility index (Phi) is 1.85. The number of aryl methyl sites for hydroxylation is 1. The smallest absolute Gasteiger partial charge is 0.123 e. The van der Waals surface area contributed by atoms with Gasteiger partial charge in [-0.1, -0.05) is 0 Å². The highest BCUT2D eigenvalue weighted by molar-refractivity contribution is 7.15. The maximum atomic E-state index is 4.67. The highest BCUT2D eigenvalue weighted by Gasteiger charge is 2.22. The second kappa shape index (κ2) is 3.07. The van der Waals surface area contributed by atoms with E-state index in [0.29, 0.717) is 5.92 Å². The summed E-state index contributed by atoms with van der Waals surface area (Å²) in [6.07, 6.45) is 3.33. The van der Waals surface area contributed by atoms with Gasteiger partial charge in [-0.2, -0.15) is 0 Å². The Morgan fingerprint density at radius 2 is 2.57 bits per heavy atom. The van der Waals surface area contributed by atoms with Crippen LogP contribution in [0, 0.1) is 6.92 Å². The minimum atomic E-state index is 0.623. The van der Waals surface area contributed by atoms with Crippen molar-refractivity contribution in [1.29, 1.82) is 0 Å². The molecule has 0 bridgehead atoms. The predicted octanol–water partition coefficient (Wildman–Crippen LogP) is 1.78. The van der Waals surface area contributed by atoms with Crippen molar-refractivity contribution in [2.45, 2.75) is 19.3 Å². The van der Waals surface area contributed by atoms with E-state index in [1.54, 1.807) is 11.3 Å². The lowest BCUT2D eigenvalue weighted by Gasteiger charge is -2.02. The third kappa shape index (κ3) is 1.11. The summed E-state index contributed by atoms with van der Waals surface area (Å²) in [5, 5.41) is 5.53. The Morgan fingerprint density at radius 3 is 3.36 bits per heavy atom. The number of aromatic nitrogens is 2. The second-order valence-corrected chi connectivity index (χ2v) is 4.71. The summed E-state index contributed by atoms with van der Waals surface area (Å²) in [4.78, 5) is 5.99. The van der Waals surface area contributed by atoms with E-state index in [2.05, 4.69) is 33.2 Å². The first-order chi connectivity index (χ1) is 6.86.